The van der Waals surface area contributed by atoms with Gasteiger partial charge in [-0.2, -0.15) is 5.10 Å². The Balaban J connectivity index is 1.94. The minimum atomic E-state index is 0.397. The van der Waals surface area contributed by atoms with Crippen LogP contribution in [-0.2, 0) is 19.0 Å². The van der Waals surface area contributed by atoms with Crippen LogP contribution in [0, 0.1) is 0 Å². The lowest BCUT2D eigenvalue weighted by molar-refractivity contribution is 0.533. The van der Waals surface area contributed by atoms with E-state index in [4.69, 9.17) is 11.6 Å². The predicted octanol–water partition coefficient (Wildman–Crippen LogP) is 2.07. The quantitative estimate of drug-likeness (QED) is 0.676. The maximum absolute atomic E-state index is 5.94. The van der Waals surface area contributed by atoms with Crippen LogP contribution in [0.25, 0.3) is 11.0 Å². The highest BCUT2D eigenvalue weighted by molar-refractivity contribution is 6.16. The van der Waals surface area contributed by atoms with Crippen molar-refractivity contribution in [2.45, 2.75) is 19.0 Å². The smallest absolute Gasteiger partial charge is 0.124 e. The Morgan fingerprint density at radius 1 is 1.22 bits per heavy atom. The van der Waals surface area contributed by atoms with Crippen LogP contribution in [0.4, 0.5) is 0 Å². The molecule has 0 aliphatic heterocycles. The summed E-state index contributed by atoms with van der Waals surface area (Å²) in [7, 11) is 0. The van der Waals surface area contributed by atoms with Gasteiger partial charge in [-0.25, -0.2) is 4.98 Å². The van der Waals surface area contributed by atoms with Crippen LogP contribution >= 0.6 is 11.6 Å². The van der Waals surface area contributed by atoms with Gasteiger partial charge in [-0.15, -0.1) is 11.6 Å². The van der Waals surface area contributed by atoms with Crippen molar-refractivity contribution in [1.82, 2.24) is 24.3 Å². The first-order valence-corrected chi connectivity index (χ1v) is 6.24. The van der Waals surface area contributed by atoms with Crippen LogP contribution < -0.4 is 0 Å². The van der Waals surface area contributed by atoms with Gasteiger partial charge < -0.3 is 4.57 Å². The number of aryl methyl sites for hydroxylation is 2. The second-order valence-corrected chi connectivity index (χ2v) is 4.21. The number of pyridine rings is 1. The number of fused-ring (bicyclic) bond motifs is 1. The lowest BCUT2D eigenvalue weighted by atomic mass is 10.4. The average Bonchev–Trinajstić information content (AvgIpc) is 3.03. The molecule has 0 aromatic carbocycles. The van der Waals surface area contributed by atoms with E-state index in [1.165, 1.54) is 0 Å². The second-order valence-electron chi connectivity index (χ2n) is 3.95. The molecule has 3 heterocycles. The summed E-state index contributed by atoms with van der Waals surface area (Å²) in [6.45, 7) is 1.59. The summed E-state index contributed by atoms with van der Waals surface area (Å²) in [5.74, 6) is 1.26. The number of aromatic nitrogens is 5. The van der Waals surface area contributed by atoms with E-state index in [0.29, 0.717) is 5.88 Å². The maximum atomic E-state index is 5.94. The zero-order chi connectivity index (χ0) is 12.4. The fourth-order valence-corrected chi connectivity index (χ4v) is 2.22. The minimum Gasteiger partial charge on any atom is -0.325 e. The first-order valence-electron chi connectivity index (χ1n) is 5.71. The molecule has 0 saturated carbocycles. The first kappa shape index (κ1) is 11.2. The molecular formula is C12H12ClN5. The van der Waals surface area contributed by atoms with Crippen LogP contribution in [0.3, 0.4) is 0 Å². The molecule has 18 heavy (non-hydrogen) atoms. The molecule has 0 saturated heterocycles. The Morgan fingerprint density at radius 3 is 2.94 bits per heavy atom. The third-order valence-electron chi connectivity index (χ3n) is 2.86. The summed E-state index contributed by atoms with van der Waals surface area (Å²) in [4.78, 5) is 8.55. The Kier molecular flexibility index (Phi) is 2.98. The average molecular weight is 262 g/mol. The molecule has 0 spiro atoms. The van der Waals surface area contributed by atoms with Crippen molar-refractivity contribution < 1.29 is 0 Å². The van der Waals surface area contributed by atoms with Crippen molar-refractivity contribution in [1.29, 1.82) is 0 Å². The molecule has 0 amide bonds. The molecule has 0 bridgehead atoms. The highest BCUT2D eigenvalue weighted by Gasteiger charge is 2.09. The standard InChI is InChI=1S/C12H12ClN5/c13-8-12-16-10-9-14-4-2-11(10)18(12)7-6-17-5-1-3-15-17/h1-5,9H,6-8H2. The molecule has 0 aliphatic carbocycles. The number of nitrogens with zero attached hydrogens (tertiary/aromatic N) is 5. The van der Waals surface area contributed by atoms with Gasteiger partial charge in [-0.05, 0) is 12.1 Å². The normalized spacial score (nSPS) is 11.2. The number of alkyl halides is 1. The summed E-state index contributed by atoms with van der Waals surface area (Å²) >= 11 is 5.94. The van der Waals surface area contributed by atoms with Crippen molar-refractivity contribution in [3.63, 3.8) is 0 Å². The highest BCUT2D eigenvalue weighted by atomic mass is 35.5. The highest BCUT2D eigenvalue weighted by Crippen LogP contribution is 2.16. The van der Waals surface area contributed by atoms with Crippen LogP contribution in [0.2, 0.25) is 0 Å². The van der Waals surface area contributed by atoms with Gasteiger partial charge in [0.25, 0.3) is 0 Å². The van der Waals surface area contributed by atoms with Crippen LogP contribution in [0.1, 0.15) is 5.82 Å². The number of halogens is 1. The van der Waals surface area contributed by atoms with Crippen molar-refractivity contribution in [3.05, 3.63) is 42.7 Å². The largest absolute Gasteiger partial charge is 0.325 e. The lowest BCUT2D eigenvalue weighted by Crippen LogP contribution is -2.10. The van der Waals surface area contributed by atoms with Gasteiger partial charge in [0.2, 0.25) is 0 Å². The number of imidazole rings is 1. The summed E-state index contributed by atoms with van der Waals surface area (Å²) < 4.78 is 4.01. The van der Waals surface area contributed by atoms with E-state index in [1.807, 2.05) is 23.0 Å². The zero-order valence-electron chi connectivity index (χ0n) is 9.70. The number of rotatable bonds is 4. The summed E-state index contributed by atoms with van der Waals surface area (Å²) in [5, 5.41) is 4.19. The van der Waals surface area contributed by atoms with E-state index in [1.54, 1.807) is 18.6 Å². The SMILES string of the molecule is ClCc1nc2cnccc2n1CCn1cccn1. The van der Waals surface area contributed by atoms with Gasteiger partial charge in [0.1, 0.15) is 11.3 Å². The molecule has 92 valence electrons. The molecule has 3 rings (SSSR count). The van der Waals surface area contributed by atoms with E-state index < -0.39 is 0 Å². The Bertz CT molecular complexity index is 644. The fourth-order valence-electron chi connectivity index (χ4n) is 2.02. The van der Waals surface area contributed by atoms with Gasteiger partial charge in [-0.1, -0.05) is 0 Å². The molecule has 0 atom stereocenters. The maximum Gasteiger partial charge on any atom is 0.124 e. The Labute approximate surface area is 109 Å². The van der Waals surface area contributed by atoms with E-state index in [9.17, 15) is 0 Å². The molecule has 0 fully saturated rings. The van der Waals surface area contributed by atoms with Crippen molar-refractivity contribution in [3.8, 4) is 0 Å². The second kappa shape index (κ2) is 4.78. The van der Waals surface area contributed by atoms with Crippen molar-refractivity contribution >= 4 is 22.6 Å². The number of hydrogen-bond acceptors (Lipinski definition) is 3. The van der Waals surface area contributed by atoms with Crippen LogP contribution in [0.15, 0.2) is 36.9 Å². The Hall–Kier alpha value is -1.88. The number of hydrogen-bond donors (Lipinski definition) is 0. The Morgan fingerprint density at radius 2 is 2.17 bits per heavy atom. The molecule has 6 heteroatoms. The topological polar surface area (TPSA) is 48.5 Å². The summed E-state index contributed by atoms with van der Waals surface area (Å²) in [6, 6.07) is 3.87. The molecular weight excluding hydrogens is 250 g/mol. The summed E-state index contributed by atoms with van der Waals surface area (Å²) in [6.07, 6.45) is 7.25. The molecule has 0 radical (unpaired) electrons. The van der Waals surface area contributed by atoms with Crippen LogP contribution in [-0.4, -0.2) is 24.3 Å². The molecule has 0 N–H and O–H groups in total. The van der Waals surface area contributed by atoms with E-state index in [0.717, 1.165) is 29.9 Å². The first-order chi connectivity index (χ1) is 8.88. The van der Waals surface area contributed by atoms with Gasteiger partial charge in [0.15, 0.2) is 0 Å². The lowest BCUT2D eigenvalue weighted by Gasteiger charge is -2.07. The monoisotopic (exact) mass is 261 g/mol. The van der Waals surface area contributed by atoms with Gasteiger partial charge in [-0.3, -0.25) is 9.67 Å². The van der Waals surface area contributed by atoms with Crippen LogP contribution in [0.5, 0.6) is 0 Å². The predicted molar refractivity (Wildman–Crippen MR) is 69.3 cm³/mol. The molecule has 0 unspecified atom stereocenters. The van der Waals surface area contributed by atoms with E-state index in [-0.39, 0.29) is 0 Å². The molecule has 3 aromatic heterocycles. The molecule has 0 aliphatic rings. The van der Waals surface area contributed by atoms with Crippen molar-refractivity contribution in [2.24, 2.45) is 0 Å². The zero-order valence-corrected chi connectivity index (χ0v) is 10.5. The van der Waals surface area contributed by atoms with Gasteiger partial charge in [0, 0.05) is 25.1 Å². The minimum absolute atomic E-state index is 0.397. The van der Waals surface area contributed by atoms with Gasteiger partial charge in [0.05, 0.1) is 24.1 Å². The van der Waals surface area contributed by atoms with E-state index >= 15 is 0 Å². The van der Waals surface area contributed by atoms with Crippen molar-refractivity contribution in [2.75, 3.05) is 0 Å². The fraction of sp³-hybridized carbons (Fsp3) is 0.250. The molecule has 5 nitrogen and oxygen atoms in total. The third-order valence-corrected chi connectivity index (χ3v) is 3.10. The summed E-state index contributed by atoms with van der Waals surface area (Å²) in [5.41, 5.74) is 1.95. The van der Waals surface area contributed by atoms with E-state index in [2.05, 4.69) is 19.6 Å². The molecule has 3 aromatic rings. The third kappa shape index (κ3) is 1.97. The van der Waals surface area contributed by atoms with Gasteiger partial charge >= 0.3 is 0 Å².